The normalized spacial score (nSPS) is 17.0. The van der Waals surface area contributed by atoms with Crippen molar-refractivity contribution in [2.75, 3.05) is 46.1 Å². The Balaban J connectivity index is 1.94. The second-order valence-electron chi connectivity index (χ2n) is 6.24. The van der Waals surface area contributed by atoms with E-state index in [1.54, 1.807) is 0 Å². The maximum atomic E-state index is 12.5. The van der Waals surface area contributed by atoms with E-state index in [2.05, 4.69) is 14.9 Å². The number of sulfonamides is 1. The molecule has 7 nitrogen and oxygen atoms in total. The topological polar surface area (TPSA) is 87.7 Å². The SMILES string of the molecule is CC(CCN1CCOCC1)NS(=O)(=O)c1cccc(C(=O)NCCF)c1. The summed E-state index contributed by atoms with van der Waals surface area (Å²) in [5.41, 5.74) is 0.183. The molecule has 0 radical (unpaired) electrons. The Morgan fingerprint density at radius 3 is 2.77 bits per heavy atom. The van der Waals surface area contributed by atoms with E-state index in [0.717, 1.165) is 19.6 Å². The first kappa shape index (κ1) is 20.8. The minimum absolute atomic E-state index is 0.0172. The van der Waals surface area contributed by atoms with Gasteiger partial charge in [0, 0.05) is 31.2 Å². The molecule has 0 bridgehead atoms. The summed E-state index contributed by atoms with van der Waals surface area (Å²) >= 11 is 0. The lowest BCUT2D eigenvalue weighted by Gasteiger charge is -2.27. The number of morpholine rings is 1. The van der Waals surface area contributed by atoms with E-state index in [-0.39, 0.29) is 23.0 Å². The van der Waals surface area contributed by atoms with Gasteiger partial charge < -0.3 is 10.1 Å². The van der Waals surface area contributed by atoms with Crippen molar-refractivity contribution in [3.05, 3.63) is 29.8 Å². The number of rotatable bonds is 9. The lowest BCUT2D eigenvalue weighted by atomic mass is 10.2. The molecular weight excluding hydrogens is 361 g/mol. The van der Waals surface area contributed by atoms with Gasteiger partial charge in [0.15, 0.2) is 0 Å². The lowest BCUT2D eigenvalue weighted by Crippen LogP contribution is -2.40. The molecule has 1 aromatic rings. The molecule has 1 saturated heterocycles. The molecule has 9 heteroatoms. The average molecular weight is 387 g/mol. The summed E-state index contributed by atoms with van der Waals surface area (Å²) in [6, 6.07) is 5.48. The maximum absolute atomic E-state index is 12.5. The third-order valence-electron chi connectivity index (χ3n) is 4.12. The van der Waals surface area contributed by atoms with Gasteiger partial charge in [0.1, 0.15) is 6.67 Å². The van der Waals surface area contributed by atoms with Crippen molar-refractivity contribution in [1.29, 1.82) is 0 Å². The van der Waals surface area contributed by atoms with Crippen molar-refractivity contribution < 1.29 is 22.3 Å². The monoisotopic (exact) mass is 387 g/mol. The molecule has 1 heterocycles. The first-order valence-corrected chi connectivity index (χ1v) is 10.2. The number of nitrogens with one attached hydrogen (secondary N) is 2. The van der Waals surface area contributed by atoms with E-state index >= 15 is 0 Å². The van der Waals surface area contributed by atoms with Crippen LogP contribution in [0.25, 0.3) is 0 Å². The Labute approximate surface area is 154 Å². The summed E-state index contributed by atoms with van der Waals surface area (Å²) in [6.45, 7) is 4.95. The fourth-order valence-electron chi connectivity index (χ4n) is 2.66. The molecule has 0 saturated carbocycles. The van der Waals surface area contributed by atoms with Crippen LogP contribution < -0.4 is 10.0 Å². The fraction of sp³-hybridized carbons (Fsp3) is 0.588. The second-order valence-corrected chi connectivity index (χ2v) is 7.95. The van der Waals surface area contributed by atoms with Gasteiger partial charge in [0.05, 0.1) is 18.1 Å². The molecule has 2 N–H and O–H groups in total. The van der Waals surface area contributed by atoms with Gasteiger partial charge in [0.2, 0.25) is 10.0 Å². The number of alkyl halides is 1. The largest absolute Gasteiger partial charge is 0.379 e. The summed E-state index contributed by atoms with van der Waals surface area (Å²) in [6.07, 6.45) is 0.676. The molecule has 146 valence electrons. The third-order valence-corrected chi connectivity index (χ3v) is 5.71. The first-order valence-electron chi connectivity index (χ1n) is 8.69. The lowest BCUT2D eigenvalue weighted by molar-refractivity contribution is 0.0366. The quantitative estimate of drug-likeness (QED) is 0.654. The van der Waals surface area contributed by atoms with Gasteiger partial charge in [-0.3, -0.25) is 9.69 Å². The van der Waals surface area contributed by atoms with Crippen LogP contribution in [0.15, 0.2) is 29.2 Å². The molecule has 1 fully saturated rings. The summed E-state index contributed by atoms with van der Waals surface area (Å²) in [5.74, 6) is -0.500. The van der Waals surface area contributed by atoms with Gasteiger partial charge in [-0.2, -0.15) is 0 Å². The number of ether oxygens (including phenoxy) is 1. The number of nitrogens with zero attached hydrogens (tertiary/aromatic N) is 1. The minimum Gasteiger partial charge on any atom is -0.379 e. The molecule has 0 spiro atoms. The van der Waals surface area contributed by atoms with E-state index in [9.17, 15) is 17.6 Å². The van der Waals surface area contributed by atoms with Crippen LogP contribution in [0.2, 0.25) is 0 Å². The van der Waals surface area contributed by atoms with E-state index in [1.807, 2.05) is 6.92 Å². The van der Waals surface area contributed by atoms with Crippen molar-refractivity contribution in [3.8, 4) is 0 Å². The smallest absolute Gasteiger partial charge is 0.251 e. The van der Waals surface area contributed by atoms with Crippen LogP contribution in [0.1, 0.15) is 23.7 Å². The first-order chi connectivity index (χ1) is 12.4. The Morgan fingerprint density at radius 2 is 2.08 bits per heavy atom. The number of hydrogen-bond donors (Lipinski definition) is 2. The van der Waals surface area contributed by atoms with Gasteiger partial charge in [-0.15, -0.1) is 0 Å². The van der Waals surface area contributed by atoms with Crippen molar-refractivity contribution in [3.63, 3.8) is 0 Å². The van der Waals surface area contributed by atoms with Crippen molar-refractivity contribution >= 4 is 15.9 Å². The number of carbonyl (C=O) groups is 1. The molecular formula is C17H26FN3O4S. The minimum atomic E-state index is -3.74. The number of hydrogen-bond acceptors (Lipinski definition) is 5. The second kappa shape index (κ2) is 9.96. The van der Waals surface area contributed by atoms with Crippen LogP contribution in [-0.2, 0) is 14.8 Å². The molecule has 0 aromatic heterocycles. The van der Waals surface area contributed by atoms with Crippen molar-refractivity contribution in [1.82, 2.24) is 14.9 Å². The predicted octanol–water partition coefficient (Wildman–Crippen LogP) is 0.775. The molecule has 1 amide bonds. The van der Waals surface area contributed by atoms with Gasteiger partial charge in [-0.1, -0.05) is 6.07 Å². The fourth-order valence-corrected chi connectivity index (χ4v) is 3.98. The Bertz CT molecular complexity index is 693. The predicted molar refractivity (Wildman–Crippen MR) is 96.4 cm³/mol. The molecule has 0 aliphatic carbocycles. The molecule has 2 rings (SSSR count). The Morgan fingerprint density at radius 1 is 1.35 bits per heavy atom. The highest BCUT2D eigenvalue weighted by molar-refractivity contribution is 7.89. The molecule has 26 heavy (non-hydrogen) atoms. The molecule has 1 aliphatic heterocycles. The van der Waals surface area contributed by atoms with E-state index in [0.29, 0.717) is 19.6 Å². The standard InChI is InChI=1S/C17H26FN3O4S/c1-14(5-8-21-9-11-25-12-10-21)20-26(23,24)16-4-2-3-15(13-16)17(22)19-7-6-18/h2-4,13-14,20H,5-12H2,1H3,(H,19,22). The van der Waals surface area contributed by atoms with Crippen LogP contribution in [0.4, 0.5) is 4.39 Å². The summed E-state index contributed by atoms with van der Waals surface area (Å²) in [5, 5.41) is 2.38. The summed E-state index contributed by atoms with van der Waals surface area (Å²) in [7, 11) is -3.74. The number of benzene rings is 1. The number of amides is 1. The highest BCUT2D eigenvalue weighted by Crippen LogP contribution is 2.13. The Hall–Kier alpha value is -1.55. The van der Waals surface area contributed by atoms with Gasteiger partial charge in [-0.25, -0.2) is 17.5 Å². The zero-order valence-corrected chi connectivity index (χ0v) is 15.7. The molecule has 1 unspecified atom stereocenters. The molecule has 1 aliphatic rings. The van der Waals surface area contributed by atoms with E-state index < -0.39 is 22.6 Å². The third kappa shape index (κ3) is 6.31. The van der Waals surface area contributed by atoms with Crippen LogP contribution in [0.3, 0.4) is 0 Å². The van der Waals surface area contributed by atoms with Gasteiger partial charge in [0.25, 0.3) is 5.91 Å². The van der Waals surface area contributed by atoms with Crippen LogP contribution >= 0.6 is 0 Å². The van der Waals surface area contributed by atoms with Gasteiger partial charge >= 0.3 is 0 Å². The van der Waals surface area contributed by atoms with E-state index in [1.165, 1.54) is 24.3 Å². The highest BCUT2D eigenvalue weighted by atomic mass is 32.2. The maximum Gasteiger partial charge on any atom is 0.251 e. The summed E-state index contributed by atoms with van der Waals surface area (Å²) in [4.78, 5) is 14.1. The molecule has 1 aromatic carbocycles. The Kier molecular flexibility index (Phi) is 7.95. The van der Waals surface area contributed by atoms with Crippen molar-refractivity contribution in [2.24, 2.45) is 0 Å². The highest BCUT2D eigenvalue weighted by Gasteiger charge is 2.20. The summed E-state index contributed by atoms with van der Waals surface area (Å²) < 4.78 is 45.2. The van der Waals surface area contributed by atoms with Crippen LogP contribution in [0, 0.1) is 0 Å². The van der Waals surface area contributed by atoms with Gasteiger partial charge in [-0.05, 0) is 38.1 Å². The number of halogens is 1. The zero-order valence-electron chi connectivity index (χ0n) is 14.9. The number of carbonyl (C=O) groups excluding carboxylic acids is 1. The van der Waals surface area contributed by atoms with Crippen molar-refractivity contribution in [2.45, 2.75) is 24.3 Å². The van der Waals surface area contributed by atoms with Crippen LogP contribution in [0.5, 0.6) is 0 Å². The zero-order chi connectivity index (χ0) is 19.0. The average Bonchev–Trinajstić information content (AvgIpc) is 2.65. The molecule has 1 atom stereocenters. The van der Waals surface area contributed by atoms with E-state index in [4.69, 9.17) is 4.74 Å². The van der Waals surface area contributed by atoms with Crippen LogP contribution in [-0.4, -0.2) is 71.3 Å².